The molecule has 0 bridgehead atoms. The first kappa shape index (κ1) is 29.0. The molecule has 0 unspecified atom stereocenters. The lowest BCUT2D eigenvalue weighted by atomic mass is 9.80. The van der Waals surface area contributed by atoms with Gasteiger partial charge in [-0.15, -0.1) is 10.2 Å². The number of rotatable bonds is 11. The van der Waals surface area contributed by atoms with Gasteiger partial charge >= 0.3 is 6.03 Å². The van der Waals surface area contributed by atoms with E-state index < -0.39 is 5.41 Å². The fourth-order valence-corrected chi connectivity index (χ4v) is 5.26. The van der Waals surface area contributed by atoms with Crippen molar-refractivity contribution < 1.29 is 14.0 Å². The minimum absolute atomic E-state index is 0.00725. The van der Waals surface area contributed by atoms with E-state index in [1.165, 1.54) is 23.5 Å². The maximum Gasteiger partial charge on any atom is 0.321 e. The van der Waals surface area contributed by atoms with Crippen LogP contribution in [0.1, 0.15) is 65.4 Å². The zero-order chi connectivity index (χ0) is 26.8. The number of carbonyl (C=O) groups excluding carboxylic acids is 2. The van der Waals surface area contributed by atoms with Gasteiger partial charge in [-0.1, -0.05) is 51.2 Å². The Balaban J connectivity index is 1.63. The summed E-state index contributed by atoms with van der Waals surface area (Å²) < 4.78 is 13.2. The van der Waals surface area contributed by atoms with Crippen LogP contribution >= 0.6 is 11.3 Å². The molecular weight excluding hydrogens is 491 g/mol. The zero-order valence-electron chi connectivity index (χ0n) is 22.4. The van der Waals surface area contributed by atoms with Crippen LogP contribution in [-0.2, 0) is 11.2 Å². The highest BCUT2D eigenvalue weighted by Crippen LogP contribution is 2.28. The second kappa shape index (κ2) is 13.8. The normalized spacial score (nSPS) is 20.0. The lowest BCUT2D eigenvalue weighted by Crippen LogP contribution is -2.53. The van der Waals surface area contributed by atoms with Gasteiger partial charge in [-0.3, -0.25) is 10.1 Å². The Morgan fingerprint density at radius 1 is 1.14 bits per heavy atom. The molecule has 1 aromatic heterocycles. The summed E-state index contributed by atoms with van der Waals surface area (Å²) in [5, 5.41) is 17.3. The van der Waals surface area contributed by atoms with Gasteiger partial charge in [0.25, 0.3) is 0 Å². The Hall–Kier alpha value is -2.59. The summed E-state index contributed by atoms with van der Waals surface area (Å²) in [6, 6.07) is 6.52. The van der Waals surface area contributed by atoms with Crippen LogP contribution in [0.5, 0.6) is 0 Å². The van der Waals surface area contributed by atoms with E-state index in [1.807, 2.05) is 32.9 Å². The molecule has 3 rings (SSSR count). The number of aromatic nitrogens is 2. The fourth-order valence-electron chi connectivity index (χ4n) is 4.82. The quantitative estimate of drug-likeness (QED) is 0.385. The summed E-state index contributed by atoms with van der Waals surface area (Å²) in [5.41, 5.74) is 2.27. The predicted octanol–water partition coefficient (Wildman–Crippen LogP) is 4.84. The summed E-state index contributed by atoms with van der Waals surface area (Å²) in [7, 11) is 0. The molecule has 0 saturated heterocycles. The van der Waals surface area contributed by atoms with Gasteiger partial charge in [0.15, 0.2) is 0 Å². The van der Waals surface area contributed by atoms with Crippen molar-refractivity contribution in [3.8, 4) is 0 Å². The van der Waals surface area contributed by atoms with Crippen LogP contribution in [0.4, 0.5) is 14.3 Å². The number of nitrogens with one attached hydrogen (secondary N) is 3. The van der Waals surface area contributed by atoms with Crippen LogP contribution in [0.15, 0.2) is 29.8 Å². The van der Waals surface area contributed by atoms with Gasteiger partial charge in [0.2, 0.25) is 11.0 Å². The number of halogens is 1. The van der Waals surface area contributed by atoms with Crippen molar-refractivity contribution in [2.45, 2.75) is 78.3 Å². The smallest absolute Gasteiger partial charge is 0.321 e. The van der Waals surface area contributed by atoms with Crippen LogP contribution < -0.4 is 16.0 Å². The monoisotopic (exact) mass is 532 g/mol. The summed E-state index contributed by atoms with van der Waals surface area (Å²) >= 11 is 1.28. The van der Waals surface area contributed by atoms with Crippen LogP contribution in [0, 0.1) is 17.2 Å². The Morgan fingerprint density at radius 2 is 1.89 bits per heavy atom. The third-order valence-electron chi connectivity index (χ3n) is 6.78. The SMILES string of the molecule is CCCN(CCCc1ccc(F)cc1)C[C@@H]1C[C@H](NC(=O)C(C)(C)C)CC[C@H]1NC(=O)Nc1nncs1. The van der Waals surface area contributed by atoms with Gasteiger partial charge in [0, 0.05) is 24.0 Å². The van der Waals surface area contributed by atoms with Crippen LogP contribution in [0.3, 0.4) is 0 Å². The van der Waals surface area contributed by atoms with E-state index in [0.29, 0.717) is 5.13 Å². The lowest BCUT2D eigenvalue weighted by Gasteiger charge is -2.40. The third kappa shape index (κ3) is 9.66. The van der Waals surface area contributed by atoms with Crippen molar-refractivity contribution in [2.75, 3.05) is 25.0 Å². The van der Waals surface area contributed by atoms with Crippen molar-refractivity contribution in [3.63, 3.8) is 0 Å². The molecule has 0 aliphatic heterocycles. The van der Waals surface area contributed by atoms with Crippen molar-refractivity contribution in [2.24, 2.45) is 11.3 Å². The van der Waals surface area contributed by atoms with Crippen molar-refractivity contribution in [1.82, 2.24) is 25.7 Å². The average molecular weight is 533 g/mol. The molecule has 3 amide bonds. The molecule has 37 heavy (non-hydrogen) atoms. The largest absolute Gasteiger partial charge is 0.353 e. The van der Waals surface area contributed by atoms with Gasteiger partial charge < -0.3 is 15.5 Å². The standard InChI is InChI=1S/C27H41FN6O2S/c1-5-14-34(15-6-7-19-8-10-21(28)11-9-19)17-20-16-22(30-24(35)27(2,3)4)12-13-23(20)31-25(36)32-26-33-29-18-37-26/h8-11,18,20,22-23H,5-7,12-17H2,1-4H3,(H,30,35)(H2,31,32,33,36)/t20-,22+,23+/m0/s1. The summed E-state index contributed by atoms with van der Waals surface area (Å²) in [6.07, 6.45) is 5.31. The van der Waals surface area contributed by atoms with Crippen molar-refractivity contribution in [3.05, 3.63) is 41.2 Å². The van der Waals surface area contributed by atoms with E-state index >= 15 is 0 Å². The molecule has 1 aromatic carbocycles. The van der Waals surface area contributed by atoms with Crippen LogP contribution in [-0.4, -0.2) is 58.8 Å². The van der Waals surface area contributed by atoms with Crippen molar-refractivity contribution in [1.29, 1.82) is 0 Å². The summed E-state index contributed by atoms with van der Waals surface area (Å²) in [5.74, 6) is 0.0356. The van der Waals surface area contributed by atoms with Gasteiger partial charge in [-0.25, -0.2) is 9.18 Å². The van der Waals surface area contributed by atoms with E-state index in [0.717, 1.165) is 63.7 Å². The molecule has 2 aromatic rings. The van der Waals surface area contributed by atoms with Crippen molar-refractivity contribution >= 4 is 28.4 Å². The lowest BCUT2D eigenvalue weighted by molar-refractivity contribution is -0.129. The number of anilines is 1. The number of hydrogen-bond acceptors (Lipinski definition) is 6. The summed E-state index contributed by atoms with van der Waals surface area (Å²) in [4.78, 5) is 27.8. The molecule has 1 saturated carbocycles. The minimum atomic E-state index is -0.444. The molecule has 204 valence electrons. The molecule has 1 fully saturated rings. The number of hydrogen-bond donors (Lipinski definition) is 3. The highest BCUT2D eigenvalue weighted by molar-refractivity contribution is 7.13. The molecule has 8 nitrogen and oxygen atoms in total. The second-order valence-corrected chi connectivity index (χ2v) is 11.8. The van der Waals surface area contributed by atoms with Gasteiger partial charge in [0.05, 0.1) is 0 Å². The zero-order valence-corrected chi connectivity index (χ0v) is 23.2. The van der Waals surface area contributed by atoms with E-state index in [-0.39, 0.29) is 35.8 Å². The highest BCUT2D eigenvalue weighted by atomic mass is 32.1. The molecule has 1 aliphatic carbocycles. The predicted molar refractivity (Wildman–Crippen MR) is 146 cm³/mol. The molecule has 10 heteroatoms. The number of aryl methyl sites for hydroxylation is 1. The molecule has 1 heterocycles. The van der Waals surface area contributed by atoms with Crippen LogP contribution in [0.2, 0.25) is 0 Å². The average Bonchev–Trinajstić information content (AvgIpc) is 3.34. The number of benzene rings is 1. The minimum Gasteiger partial charge on any atom is -0.353 e. The second-order valence-electron chi connectivity index (χ2n) is 11.0. The molecule has 3 atom stereocenters. The van der Waals surface area contributed by atoms with Crippen LogP contribution in [0.25, 0.3) is 0 Å². The summed E-state index contributed by atoms with van der Waals surface area (Å²) in [6.45, 7) is 10.7. The molecule has 3 N–H and O–H groups in total. The third-order valence-corrected chi connectivity index (χ3v) is 7.39. The maximum atomic E-state index is 13.2. The van der Waals surface area contributed by atoms with E-state index in [2.05, 4.69) is 38.0 Å². The Bertz CT molecular complexity index is 980. The highest BCUT2D eigenvalue weighted by Gasteiger charge is 2.35. The first-order chi connectivity index (χ1) is 17.6. The van der Waals surface area contributed by atoms with Gasteiger partial charge in [-0.05, 0) is 75.2 Å². The van der Waals surface area contributed by atoms with Gasteiger partial charge in [-0.2, -0.15) is 0 Å². The van der Waals surface area contributed by atoms with E-state index in [9.17, 15) is 14.0 Å². The molecule has 0 radical (unpaired) electrons. The number of urea groups is 1. The first-order valence-corrected chi connectivity index (χ1v) is 14.1. The van der Waals surface area contributed by atoms with E-state index in [1.54, 1.807) is 5.51 Å². The van der Waals surface area contributed by atoms with E-state index in [4.69, 9.17) is 0 Å². The number of nitrogens with zero attached hydrogens (tertiary/aromatic N) is 3. The number of carbonyl (C=O) groups is 2. The molecule has 1 aliphatic rings. The van der Waals surface area contributed by atoms with Gasteiger partial charge in [0.1, 0.15) is 11.3 Å². The first-order valence-electron chi connectivity index (χ1n) is 13.3. The fraction of sp³-hybridized carbons (Fsp3) is 0.630. The molecule has 0 spiro atoms. The Morgan fingerprint density at radius 3 is 2.54 bits per heavy atom. The number of amides is 3. The topological polar surface area (TPSA) is 99.2 Å². The maximum absolute atomic E-state index is 13.2. The Kier molecular flexibility index (Phi) is 10.8. The Labute approximate surface area is 223 Å². The molecular formula is C27H41FN6O2S.